The number of nitrogens with zero attached hydrogens (tertiary/aromatic N) is 2. The van der Waals surface area contributed by atoms with Crippen molar-refractivity contribution in [2.24, 2.45) is 0 Å². The minimum atomic E-state index is -4.74. The summed E-state index contributed by atoms with van der Waals surface area (Å²) in [4.78, 5) is 18.7. The highest BCUT2D eigenvalue weighted by molar-refractivity contribution is 5.98. The monoisotopic (exact) mass is 329 g/mol. The number of carbonyl (C=O) groups excluding carboxylic acids is 1. The summed E-state index contributed by atoms with van der Waals surface area (Å²) >= 11 is 0. The Balaban J connectivity index is 2.18. The fourth-order valence-electron chi connectivity index (χ4n) is 2.08. The van der Waals surface area contributed by atoms with Gasteiger partial charge >= 0.3 is 6.36 Å². The van der Waals surface area contributed by atoms with Crippen LogP contribution in [0.25, 0.3) is 10.9 Å². The SMILES string of the molecule is CN(C)CCN(C)C(=O)c1cc2cc(OC(F)(F)F)ccc2[nH]1. The molecule has 0 bridgehead atoms. The Morgan fingerprint density at radius 2 is 1.87 bits per heavy atom. The average molecular weight is 329 g/mol. The van der Waals surface area contributed by atoms with Crippen LogP contribution in [0.15, 0.2) is 24.3 Å². The fraction of sp³-hybridized carbons (Fsp3) is 0.400. The molecule has 0 saturated carbocycles. The summed E-state index contributed by atoms with van der Waals surface area (Å²) < 4.78 is 40.6. The second-order valence-corrected chi connectivity index (χ2v) is 5.51. The quantitative estimate of drug-likeness (QED) is 0.917. The molecule has 1 heterocycles. The predicted molar refractivity (Wildman–Crippen MR) is 80.5 cm³/mol. The average Bonchev–Trinajstić information content (AvgIpc) is 2.85. The molecule has 0 fully saturated rings. The fourth-order valence-corrected chi connectivity index (χ4v) is 2.08. The van der Waals surface area contributed by atoms with Crippen LogP contribution >= 0.6 is 0 Å². The van der Waals surface area contributed by atoms with Crippen molar-refractivity contribution >= 4 is 16.8 Å². The van der Waals surface area contributed by atoms with Crippen molar-refractivity contribution in [1.82, 2.24) is 14.8 Å². The van der Waals surface area contributed by atoms with E-state index in [1.54, 1.807) is 11.9 Å². The van der Waals surface area contributed by atoms with Crippen LogP contribution in [0.1, 0.15) is 10.5 Å². The van der Waals surface area contributed by atoms with Crippen LogP contribution in [0.2, 0.25) is 0 Å². The van der Waals surface area contributed by atoms with Gasteiger partial charge in [0.1, 0.15) is 11.4 Å². The summed E-state index contributed by atoms with van der Waals surface area (Å²) in [6, 6.07) is 5.42. The maximum absolute atomic E-state index is 12.3. The minimum absolute atomic E-state index is 0.221. The van der Waals surface area contributed by atoms with Gasteiger partial charge in [-0.3, -0.25) is 4.79 Å². The molecule has 0 aliphatic rings. The maximum atomic E-state index is 12.3. The molecule has 0 spiro atoms. The second-order valence-electron chi connectivity index (χ2n) is 5.51. The number of halogens is 3. The zero-order valence-electron chi connectivity index (χ0n) is 13.1. The van der Waals surface area contributed by atoms with Gasteiger partial charge < -0.3 is 19.5 Å². The molecule has 0 aliphatic carbocycles. The first-order valence-electron chi connectivity index (χ1n) is 6.94. The van der Waals surface area contributed by atoms with Crippen LogP contribution in [-0.2, 0) is 0 Å². The van der Waals surface area contributed by atoms with Crippen LogP contribution in [-0.4, -0.2) is 61.3 Å². The smallest absolute Gasteiger partial charge is 0.406 e. The molecule has 23 heavy (non-hydrogen) atoms. The Morgan fingerprint density at radius 3 is 2.48 bits per heavy atom. The number of likely N-dealkylation sites (N-methyl/N-ethyl adjacent to an activating group) is 2. The van der Waals surface area contributed by atoms with Crippen LogP contribution in [0.3, 0.4) is 0 Å². The molecule has 126 valence electrons. The van der Waals surface area contributed by atoms with Crippen molar-refractivity contribution in [3.8, 4) is 5.75 Å². The van der Waals surface area contributed by atoms with Crippen molar-refractivity contribution in [3.63, 3.8) is 0 Å². The number of aromatic nitrogens is 1. The standard InChI is InChI=1S/C15H18F3N3O2/c1-20(2)6-7-21(3)14(22)13-9-10-8-11(23-15(16,17)18)4-5-12(10)19-13/h4-5,8-9,19H,6-7H2,1-3H3. The Morgan fingerprint density at radius 1 is 1.17 bits per heavy atom. The Bertz CT molecular complexity index is 695. The number of ether oxygens (including phenoxy) is 1. The van der Waals surface area contributed by atoms with Crippen molar-refractivity contribution in [3.05, 3.63) is 30.0 Å². The number of nitrogens with one attached hydrogen (secondary N) is 1. The molecule has 2 aromatic rings. The predicted octanol–water partition coefficient (Wildman–Crippen LogP) is 2.70. The van der Waals surface area contributed by atoms with Crippen LogP contribution < -0.4 is 4.74 Å². The topological polar surface area (TPSA) is 48.6 Å². The lowest BCUT2D eigenvalue weighted by atomic mass is 10.2. The third kappa shape index (κ3) is 4.62. The van der Waals surface area contributed by atoms with Gasteiger partial charge in [-0.2, -0.15) is 0 Å². The number of amides is 1. The van der Waals surface area contributed by atoms with E-state index in [1.807, 2.05) is 19.0 Å². The van der Waals surface area contributed by atoms with E-state index in [2.05, 4.69) is 9.72 Å². The molecule has 0 unspecified atom stereocenters. The molecule has 0 saturated heterocycles. The number of benzene rings is 1. The zero-order valence-corrected chi connectivity index (χ0v) is 13.1. The number of hydrogen-bond acceptors (Lipinski definition) is 3. The van der Waals surface area contributed by atoms with Crippen molar-refractivity contribution in [2.45, 2.75) is 6.36 Å². The summed E-state index contributed by atoms with van der Waals surface area (Å²) in [5, 5.41) is 0.483. The Hall–Kier alpha value is -2.22. The number of hydrogen-bond donors (Lipinski definition) is 1. The van der Waals surface area contributed by atoms with Gasteiger partial charge in [0.2, 0.25) is 0 Å². The van der Waals surface area contributed by atoms with Gasteiger partial charge in [0.05, 0.1) is 0 Å². The normalized spacial score (nSPS) is 12.0. The molecule has 1 N–H and O–H groups in total. The van der Waals surface area contributed by atoms with Crippen LogP contribution in [0.5, 0.6) is 5.75 Å². The molecule has 1 aromatic carbocycles. The van der Waals surface area contributed by atoms with E-state index < -0.39 is 6.36 Å². The van der Waals surface area contributed by atoms with Gasteiger partial charge in [-0.05, 0) is 38.4 Å². The van der Waals surface area contributed by atoms with Gasteiger partial charge in [0.25, 0.3) is 5.91 Å². The first-order chi connectivity index (χ1) is 10.7. The first-order valence-corrected chi connectivity index (χ1v) is 6.94. The van der Waals surface area contributed by atoms with E-state index in [0.29, 0.717) is 29.7 Å². The van der Waals surface area contributed by atoms with E-state index in [9.17, 15) is 18.0 Å². The lowest BCUT2D eigenvalue weighted by Crippen LogP contribution is -2.33. The summed E-state index contributed by atoms with van der Waals surface area (Å²) in [5.74, 6) is -0.537. The summed E-state index contributed by atoms with van der Waals surface area (Å²) in [6.45, 7) is 1.26. The van der Waals surface area contributed by atoms with E-state index >= 15 is 0 Å². The molecule has 2 rings (SSSR count). The van der Waals surface area contributed by atoms with Crippen LogP contribution in [0, 0.1) is 0 Å². The first kappa shape index (κ1) is 17.1. The zero-order chi connectivity index (χ0) is 17.2. The number of carbonyl (C=O) groups is 1. The van der Waals surface area contributed by atoms with Crippen molar-refractivity contribution in [2.75, 3.05) is 34.2 Å². The van der Waals surface area contributed by atoms with Gasteiger partial charge in [-0.1, -0.05) is 0 Å². The highest BCUT2D eigenvalue weighted by atomic mass is 19.4. The third-order valence-electron chi connectivity index (χ3n) is 3.29. The molecule has 1 aromatic heterocycles. The number of H-pyrrole nitrogens is 1. The minimum Gasteiger partial charge on any atom is -0.406 e. The lowest BCUT2D eigenvalue weighted by molar-refractivity contribution is -0.274. The van der Waals surface area contributed by atoms with E-state index in [1.165, 1.54) is 24.3 Å². The van der Waals surface area contributed by atoms with Gasteiger partial charge in [-0.25, -0.2) is 0 Å². The molecule has 0 radical (unpaired) electrons. The summed E-state index contributed by atoms with van der Waals surface area (Å²) in [6.07, 6.45) is -4.74. The highest BCUT2D eigenvalue weighted by Crippen LogP contribution is 2.27. The molecule has 8 heteroatoms. The number of alkyl halides is 3. The number of aromatic amines is 1. The molecular weight excluding hydrogens is 311 g/mol. The second kappa shape index (κ2) is 6.49. The molecular formula is C15H18F3N3O2. The lowest BCUT2D eigenvalue weighted by Gasteiger charge is -2.18. The van der Waals surface area contributed by atoms with E-state index in [-0.39, 0.29) is 11.7 Å². The largest absolute Gasteiger partial charge is 0.573 e. The summed E-state index contributed by atoms with van der Waals surface area (Å²) in [7, 11) is 5.49. The maximum Gasteiger partial charge on any atom is 0.573 e. The van der Waals surface area contributed by atoms with E-state index in [4.69, 9.17) is 0 Å². The molecule has 0 aliphatic heterocycles. The molecule has 0 atom stereocenters. The molecule has 5 nitrogen and oxygen atoms in total. The van der Waals surface area contributed by atoms with E-state index in [0.717, 1.165) is 0 Å². The third-order valence-corrected chi connectivity index (χ3v) is 3.29. The van der Waals surface area contributed by atoms with Crippen molar-refractivity contribution < 1.29 is 22.7 Å². The Kier molecular flexibility index (Phi) is 4.84. The number of rotatable bonds is 5. The van der Waals surface area contributed by atoms with Crippen molar-refractivity contribution in [1.29, 1.82) is 0 Å². The number of fused-ring (bicyclic) bond motifs is 1. The van der Waals surface area contributed by atoms with Gasteiger partial charge in [-0.15, -0.1) is 13.2 Å². The van der Waals surface area contributed by atoms with Crippen LogP contribution in [0.4, 0.5) is 13.2 Å². The summed E-state index contributed by atoms with van der Waals surface area (Å²) in [5.41, 5.74) is 0.897. The Labute approximate surface area is 131 Å². The molecule has 1 amide bonds. The van der Waals surface area contributed by atoms with Gasteiger partial charge in [0, 0.05) is 31.0 Å². The van der Waals surface area contributed by atoms with Gasteiger partial charge in [0.15, 0.2) is 0 Å². The highest BCUT2D eigenvalue weighted by Gasteiger charge is 2.31.